The van der Waals surface area contributed by atoms with Crippen LogP contribution in [0.15, 0.2) is 24.3 Å². The van der Waals surface area contributed by atoms with Crippen molar-refractivity contribution in [3.05, 3.63) is 41.3 Å². The van der Waals surface area contributed by atoms with Crippen molar-refractivity contribution in [2.75, 3.05) is 11.9 Å². The van der Waals surface area contributed by atoms with Crippen molar-refractivity contribution in [2.24, 2.45) is 0 Å². The largest absolute Gasteiger partial charge is 0.368 e. The highest BCUT2D eigenvalue weighted by atomic mass is 19.1. The highest BCUT2D eigenvalue weighted by molar-refractivity contribution is 5.58. The van der Waals surface area contributed by atoms with Crippen molar-refractivity contribution in [1.82, 2.24) is 9.97 Å². The van der Waals surface area contributed by atoms with Gasteiger partial charge in [-0.1, -0.05) is 24.3 Å². The molecule has 0 amide bonds. The first-order valence-electron chi connectivity index (χ1n) is 7.07. The van der Waals surface area contributed by atoms with Gasteiger partial charge in [0.1, 0.15) is 0 Å². The minimum absolute atomic E-state index is 0.279. The normalized spacial score (nSPS) is 14.3. The Bertz CT molecular complexity index is 618. The fourth-order valence-corrected chi connectivity index (χ4v) is 2.29. The van der Waals surface area contributed by atoms with Gasteiger partial charge in [-0.25, -0.2) is 14.4 Å². The molecule has 20 heavy (non-hydrogen) atoms. The molecule has 0 saturated heterocycles. The fourth-order valence-electron chi connectivity index (χ4n) is 2.29. The summed E-state index contributed by atoms with van der Waals surface area (Å²) in [4.78, 5) is 8.54. The molecule has 0 radical (unpaired) electrons. The Hall–Kier alpha value is -1.97. The molecule has 0 spiro atoms. The smallest absolute Gasteiger partial charge is 0.186 e. The summed E-state index contributed by atoms with van der Waals surface area (Å²) in [6, 6.07) is 8.30. The third-order valence-electron chi connectivity index (χ3n) is 3.58. The summed E-state index contributed by atoms with van der Waals surface area (Å²) in [6.45, 7) is 4.22. The molecule has 3 nitrogen and oxygen atoms in total. The average Bonchev–Trinajstić information content (AvgIpc) is 3.29. The van der Waals surface area contributed by atoms with E-state index in [-0.39, 0.29) is 11.6 Å². The first-order chi connectivity index (χ1) is 9.69. The summed E-state index contributed by atoms with van der Waals surface area (Å²) in [5, 5.41) is 2.94. The van der Waals surface area contributed by atoms with Gasteiger partial charge >= 0.3 is 0 Å². The molecule has 0 unspecified atom stereocenters. The number of nitrogens with one attached hydrogen (secondary N) is 1. The molecule has 2 aromatic rings. The van der Waals surface area contributed by atoms with Crippen molar-refractivity contribution in [3.8, 4) is 11.4 Å². The zero-order valence-corrected chi connectivity index (χ0v) is 11.8. The maximum absolute atomic E-state index is 13.9. The van der Waals surface area contributed by atoms with Crippen molar-refractivity contribution in [3.63, 3.8) is 0 Å². The molecular formula is C16H18FN3. The highest BCUT2D eigenvalue weighted by Gasteiger charge is 2.23. The molecule has 1 fully saturated rings. The maximum atomic E-state index is 13.9. The van der Waals surface area contributed by atoms with E-state index >= 15 is 0 Å². The average molecular weight is 271 g/mol. The van der Waals surface area contributed by atoms with Gasteiger partial charge in [0, 0.05) is 12.1 Å². The van der Waals surface area contributed by atoms with E-state index in [1.165, 1.54) is 18.4 Å². The van der Waals surface area contributed by atoms with Crippen LogP contribution in [0.3, 0.4) is 0 Å². The number of aryl methyl sites for hydroxylation is 1. The van der Waals surface area contributed by atoms with Gasteiger partial charge < -0.3 is 5.32 Å². The van der Waals surface area contributed by atoms with Gasteiger partial charge in [0.05, 0.1) is 5.69 Å². The predicted octanol–water partition coefficient (Wildman–Crippen LogP) is 3.90. The quantitative estimate of drug-likeness (QED) is 0.916. The van der Waals surface area contributed by atoms with E-state index in [1.807, 2.05) is 19.1 Å². The number of benzene rings is 1. The lowest BCUT2D eigenvalue weighted by molar-refractivity contribution is 0.606. The van der Waals surface area contributed by atoms with Crippen LogP contribution in [0.1, 0.15) is 36.9 Å². The van der Waals surface area contributed by atoms with Crippen LogP contribution in [-0.4, -0.2) is 16.5 Å². The molecule has 0 bridgehead atoms. The summed E-state index contributed by atoms with van der Waals surface area (Å²) in [5.74, 6) is 1.21. The molecule has 1 N–H and O–H groups in total. The van der Waals surface area contributed by atoms with Crippen molar-refractivity contribution < 1.29 is 4.39 Å². The summed E-state index contributed by atoms with van der Waals surface area (Å²) in [5.41, 5.74) is 2.67. The molecule has 1 aromatic heterocycles. The van der Waals surface area contributed by atoms with E-state index in [9.17, 15) is 4.39 Å². The van der Waals surface area contributed by atoms with Crippen LogP contribution in [-0.2, 0) is 0 Å². The van der Waals surface area contributed by atoms with Crippen molar-refractivity contribution in [1.29, 1.82) is 0 Å². The number of hydrogen-bond acceptors (Lipinski definition) is 3. The number of anilines is 1. The number of rotatable bonds is 4. The fraction of sp³-hybridized carbons (Fsp3) is 0.375. The number of hydrogen-bond donors (Lipinski definition) is 1. The molecule has 1 heterocycles. The molecule has 0 aliphatic heterocycles. The second-order valence-corrected chi connectivity index (χ2v) is 5.22. The molecule has 0 atom stereocenters. The van der Waals surface area contributed by atoms with E-state index in [1.54, 1.807) is 6.92 Å². The van der Waals surface area contributed by atoms with Crippen LogP contribution in [0.2, 0.25) is 0 Å². The van der Waals surface area contributed by atoms with Gasteiger partial charge in [-0.3, -0.25) is 0 Å². The Balaban J connectivity index is 1.95. The van der Waals surface area contributed by atoms with Gasteiger partial charge in [0.25, 0.3) is 0 Å². The molecule has 1 aliphatic rings. The van der Waals surface area contributed by atoms with Gasteiger partial charge in [0.15, 0.2) is 17.5 Å². The molecular weight excluding hydrogens is 253 g/mol. The van der Waals surface area contributed by atoms with Crippen LogP contribution >= 0.6 is 0 Å². The predicted molar refractivity (Wildman–Crippen MR) is 78.3 cm³/mol. The zero-order chi connectivity index (χ0) is 14.1. The Morgan fingerprint density at radius 1 is 1.20 bits per heavy atom. The van der Waals surface area contributed by atoms with E-state index in [0.717, 1.165) is 11.5 Å². The van der Waals surface area contributed by atoms with Crippen LogP contribution in [0, 0.1) is 12.7 Å². The van der Waals surface area contributed by atoms with Gasteiger partial charge in [0.2, 0.25) is 0 Å². The van der Waals surface area contributed by atoms with E-state index in [2.05, 4.69) is 27.4 Å². The van der Waals surface area contributed by atoms with E-state index in [0.29, 0.717) is 18.1 Å². The Morgan fingerprint density at radius 2 is 1.90 bits per heavy atom. The van der Waals surface area contributed by atoms with Crippen molar-refractivity contribution in [2.45, 2.75) is 32.6 Å². The molecule has 1 aromatic carbocycles. The molecule has 104 valence electrons. The standard InChI is InChI=1S/C16H18FN3/c1-3-18-16-14(17)10(2)19-15(20-16)13-8-6-12(7-9-13)11-4-5-11/h6-9,11H,3-5H2,1-2H3,(H,18,19,20). The number of aromatic nitrogens is 2. The molecule has 4 heteroatoms. The lowest BCUT2D eigenvalue weighted by atomic mass is 10.1. The van der Waals surface area contributed by atoms with Gasteiger partial charge in [-0.2, -0.15) is 0 Å². The van der Waals surface area contributed by atoms with Crippen molar-refractivity contribution >= 4 is 5.82 Å². The first kappa shape index (κ1) is 13.0. The van der Waals surface area contributed by atoms with Crippen LogP contribution in [0.4, 0.5) is 10.2 Å². The maximum Gasteiger partial charge on any atom is 0.186 e. The van der Waals surface area contributed by atoms with Crippen LogP contribution < -0.4 is 5.32 Å². The van der Waals surface area contributed by atoms with E-state index < -0.39 is 0 Å². The second kappa shape index (κ2) is 5.19. The third kappa shape index (κ3) is 2.50. The summed E-state index contributed by atoms with van der Waals surface area (Å²) < 4.78 is 13.9. The monoisotopic (exact) mass is 271 g/mol. The van der Waals surface area contributed by atoms with Crippen LogP contribution in [0.5, 0.6) is 0 Å². The Labute approximate surface area is 118 Å². The number of nitrogens with zero attached hydrogens (tertiary/aromatic N) is 2. The zero-order valence-electron chi connectivity index (χ0n) is 11.8. The molecule has 1 aliphatic carbocycles. The SMILES string of the molecule is CCNc1nc(-c2ccc(C3CC3)cc2)nc(C)c1F. The summed E-state index contributed by atoms with van der Waals surface area (Å²) in [6.07, 6.45) is 2.58. The Kier molecular flexibility index (Phi) is 3.38. The number of halogens is 1. The minimum atomic E-state index is -0.370. The topological polar surface area (TPSA) is 37.8 Å². The molecule has 3 rings (SSSR count). The van der Waals surface area contributed by atoms with Crippen LogP contribution in [0.25, 0.3) is 11.4 Å². The summed E-state index contributed by atoms with van der Waals surface area (Å²) >= 11 is 0. The lowest BCUT2D eigenvalue weighted by Gasteiger charge is -2.09. The van der Waals surface area contributed by atoms with Gasteiger partial charge in [-0.15, -0.1) is 0 Å². The second-order valence-electron chi connectivity index (χ2n) is 5.22. The van der Waals surface area contributed by atoms with E-state index in [4.69, 9.17) is 0 Å². The summed E-state index contributed by atoms with van der Waals surface area (Å²) in [7, 11) is 0. The minimum Gasteiger partial charge on any atom is -0.368 e. The first-order valence-corrected chi connectivity index (χ1v) is 7.07. The lowest BCUT2D eigenvalue weighted by Crippen LogP contribution is -2.06. The Morgan fingerprint density at radius 3 is 2.50 bits per heavy atom. The highest BCUT2D eigenvalue weighted by Crippen LogP contribution is 2.40. The third-order valence-corrected chi connectivity index (χ3v) is 3.58. The van der Waals surface area contributed by atoms with Gasteiger partial charge in [-0.05, 0) is 38.2 Å². The molecule has 1 saturated carbocycles.